The molecule has 0 unspecified atom stereocenters. The van der Waals surface area contributed by atoms with Gasteiger partial charge in [0.25, 0.3) is 0 Å². The second-order valence-electron chi connectivity index (χ2n) is 5.48. The Hall–Kier alpha value is -2.91. The van der Waals surface area contributed by atoms with Crippen LogP contribution >= 0.6 is 22.7 Å². The lowest BCUT2D eigenvalue weighted by Gasteiger charge is -2.04. The summed E-state index contributed by atoms with van der Waals surface area (Å²) < 4.78 is 1.11. The van der Waals surface area contributed by atoms with Crippen LogP contribution in [0.25, 0.3) is 10.2 Å². The predicted octanol–water partition coefficient (Wildman–Crippen LogP) is 3.78. The van der Waals surface area contributed by atoms with Crippen molar-refractivity contribution < 1.29 is 4.79 Å². The fourth-order valence-electron chi connectivity index (χ4n) is 2.39. The summed E-state index contributed by atoms with van der Waals surface area (Å²) in [5.41, 5.74) is 2.32. The summed E-state index contributed by atoms with van der Waals surface area (Å²) in [5, 5.41) is 9.42. The van der Waals surface area contributed by atoms with Gasteiger partial charge in [-0.05, 0) is 31.2 Å². The number of amides is 1. The van der Waals surface area contributed by atoms with Crippen molar-refractivity contribution in [3.05, 3.63) is 52.7 Å². The Morgan fingerprint density at radius 1 is 1.19 bits per heavy atom. The quantitative estimate of drug-likeness (QED) is 0.546. The number of carbonyl (C=O) groups excluding carboxylic acids is 1. The Kier molecular flexibility index (Phi) is 4.55. The molecule has 0 bridgehead atoms. The Balaban J connectivity index is 1.39. The van der Waals surface area contributed by atoms with Crippen LogP contribution in [0.2, 0.25) is 0 Å². The molecule has 130 valence electrons. The van der Waals surface area contributed by atoms with Crippen LogP contribution in [0.15, 0.2) is 42.0 Å². The summed E-state index contributed by atoms with van der Waals surface area (Å²) in [6.45, 7) is 1.97. The minimum absolute atomic E-state index is 0.121. The lowest BCUT2D eigenvalue weighted by atomic mass is 10.2. The molecule has 26 heavy (non-hydrogen) atoms. The molecule has 4 aromatic rings. The minimum atomic E-state index is -0.121. The van der Waals surface area contributed by atoms with E-state index < -0.39 is 0 Å². The lowest BCUT2D eigenvalue weighted by Crippen LogP contribution is -2.14. The highest BCUT2D eigenvalue weighted by Crippen LogP contribution is 2.24. The highest BCUT2D eigenvalue weighted by molar-refractivity contribution is 7.18. The van der Waals surface area contributed by atoms with E-state index in [1.807, 2.05) is 30.5 Å². The molecule has 0 aliphatic heterocycles. The molecular weight excluding hydrogens is 368 g/mol. The highest BCUT2D eigenvalue weighted by Gasteiger charge is 2.10. The Bertz CT molecular complexity index is 1060. The first-order valence-electron chi connectivity index (χ1n) is 7.81. The van der Waals surface area contributed by atoms with Crippen molar-refractivity contribution in [2.24, 2.45) is 0 Å². The van der Waals surface area contributed by atoms with Crippen LogP contribution in [0.1, 0.15) is 10.7 Å². The number of hydrogen-bond acceptors (Lipinski definition) is 8. The van der Waals surface area contributed by atoms with Crippen LogP contribution in [0, 0.1) is 6.92 Å². The van der Waals surface area contributed by atoms with Crippen molar-refractivity contribution in [3.8, 4) is 0 Å². The zero-order chi connectivity index (χ0) is 17.9. The van der Waals surface area contributed by atoms with Gasteiger partial charge in [-0.2, -0.15) is 0 Å². The van der Waals surface area contributed by atoms with E-state index >= 15 is 0 Å². The smallest absolute Gasteiger partial charge is 0.230 e. The maximum absolute atomic E-state index is 12.3. The number of thiazole rings is 2. The molecule has 1 amide bonds. The summed E-state index contributed by atoms with van der Waals surface area (Å²) in [6, 6.07) is 7.49. The zero-order valence-corrected chi connectivity index (χ0v) is 15.4. The molecule has 4 rings (SSSR count). The molecular formula is C17H14N6OS2. The number of nitrogens with one attached hydrogen (secondary N) is 2. The molecule has 0 aliphatic rings. The third-order valence-corrected chi connectivity index (χ3v) is 5.21. The highest BCUT2D eigenvalue weighted by atomic mass is 32.1. The van der Waals surface area contributed by atoms with Crippen LogP contribution in [0.4, 0.5) is 16.8 Å². The zero-order valence-electron chi connectivity index (χ0n) is 13.8. The van der Waals surface area contributed by atoms with E-state index in [0.29, 0.717) is 16.8 Å². The van der Waals surface area contributed by atoms with Gasteiger partial charge in [0, 0.05) is 23.5 Å². The molecule has 9 heteroatoms. The fraction of sp³-hybridized carbons (Fsp3) is 0.118. The van der Waals surface area contributed by atoms with Crippen molar-refractivity contribution in [2.45, 2.75) is 13.3 Å². The summed E-state index contributed by atoms with van der Waals surface area (Å²) in [4.78, 5) is 29.3. The topological polar surface area (TPSA) is 92.7 Å². The molecule has 1 aromatic carbocycles. The van der Waals surface area contributed by atoms with Crippen molar-refractivity contribution in [3.63, 3.8) is 0 Å². The second kappa shape index (κ2) is 7.14. The maximum atomic E-state index is 12.3. The average Bonchev–Trinajstić information content (AvgIpc) is 3.20. The fourth-order valence-corrected chi connectivity index (χ4v) is 3.91. The van der Waals surface area contributed by atoms with Crippen molar-refractivity contribution in [1.82, 2.24) is 19.9 Å². The Morgan fingerprint density at radius 2 is 2.04 bits per heavy atom. The molecule has 0 spiro atoms. The largest absolute Gasteiger partial charge is 0.326 e. The van der Waals surface area contributed by atoms with Gasteiger partial charge in [-0.3, -0.25) is 4.79 Å². The molecule has 0 radical (unpaired) electrons. The van der Waals surface area contributed by atoms with Gasteiger partial charge in [0.05, 0.1) is 27.3 Å². The number of rotatable bonds is 5. The third kappa shape index (κ3) is 3.84. The van der Waals surface area contributed by atoms with Crippen LogP contribution in [-0.2, 0) is 11.2 Å². The summed E-state index contributed by atoms with van der Waals surface area (Å²) in [5.74, 6) is 0.355. The van der Waals surface area contributed by atoms with E-state index in [0.717, 1.165) is 20.9 Å². The van der Waals surface area contributed by atoms with E-state index in [4.69, 9.17) is 0 Å². The van der Waals surface area contributed by atoms with Crippen LogP contribution in [0.5, 0.6) is 0 Å². The number of carbonyl (C=O) groups is 1. The van der Waals surface area contributed by atoms with Crippen molar-refractivity contribution in [1.29, 1.82) is 0 Å². The average molecular weight is 382 g/mol. The van der Waals surface area contributed by atoms with Crippen LogP contribution < -0.4 is 10.6 Å². The normalized spacial score (nSPS) is 10.8. The number of hydrogen-bond donors (Lipinski definition) is 2. The minimum Gasteiger partial charge on any atom is -0.326 e. The standard InChI is InChI=1S/C17H14N6OS2/c1-10-20-13-7-11(3-4-14(13)26-10)21-15(24)8-12-9-25-17(22-12)23-16-18-5-2-6-19-16/h2-7,9H,8H2,1H3,(H,21,24)(H,18,19,22,23). The summed E-state index contributed by atoms with van der Waals surface area (Å²) >= 11 is 3.04. The van der Waals surface area contributed by atoms with E-state index in [9.17, 15) is 4.79 Å². The van der Waals surface area contributed by atoms with E-state index in [1.54, 1.807) is 29.8 Å². The first-order chi connectivity index (χ1) is 12.7. The van der Waals surface area contributed by atoms with E-state index in [-0.39, 0.29) is 12.3 Å². The van der Waals surface area contributed by atoms with Crippen molar-refractivity contribution in [2.75, 3.05) is 10.6 Å². The van der Waals surface area contributed by atoms with Crippen molar-refractivity contribution >= 4 is 55.6 Å². The summed E-state index contributed by atoms with van der Waals surface area (Å²) in [7, 11) is 0. The molecule has 3 heterocycles. The second-order valence-corrected chi connectivity index (χ2v) is 7.57. The Labute approximate surface area is 157 Å². The molecule has 0 saturated heterocycles. The summed E-state index contributed by atoms with van der Waals surface area (Å²) in [6.07, 6.45) is 3.50. The number of benzene rings is 1. The number of aryl methyl sites for hydroxylation is 1. The third-order valence-electron chi connectivity index (χ3n) is 3.46. The van der Waals surface area contributed by atoms with Crippen LogP contribution in [0.3, 0.4) is 0 Å². The molecule has 0 saturated carbocycles. The first-order valence-corrected chi connectivity index (χ1v) is 9.51. The van der Waals surface area contributed by atoms with Gasteiger partial charge in [-0.1, -0.05) is 0 Å². The van der Waals surface area contributed by atoms with Gasteiger partial charge >= 0.3 is 0 Å². The molecule has 0 fully saturated rings. The van der Waals surface area contributed by atoms with Gasteiger partial charge in [0.1, 0.15) is 0 Å². The maximum Gasteiger partial charge on any atom is 0.230 e. The van der Waals surface area contributed by atoms with Gasteiger partial charge < -0.3 is 10.6 Å². The van der Waals surface area contributed by atoms with E-state index in [2.05, 4.69) is 30.6 Å². The molecule has 3 aromatic heterocycles. The number of nitrogens with zero attached hydrogens (tertiary/aromatic N) is 4. The van der Waals surface area contributed by atoms with Gasteiger partial charge in [-0.15, -0.1) is 22.7 Å². The predicted molar refractivity (Wildman–Crippen MR) is 104 cm³/mol. The first kappa shape index (κ1) is 16.6. The van der Waals surface area contributed by atoms with Crippen LogP contribution in [-0.4, -0.2) is 25.8 Å². The lowest BCUT2D eigenvalue weighted by molar-refractivity contribution is -0.115. The number of anilines is 3. The van der Waals surface area contributed by atoms with Gasteiger partial charge in [0.15, 0.2) is 5.13 Å². The molecule has 0 aliphatic carbocycles. The molecule has 7 nitrogen and oxygen atoms in total. The van der Waals surface area contributed by atoms with Gasteiger partial charge in [-0.25, -0.2) is 19.9 Å². The molecule has 2 N–H and O–H groups in total. The van der Waals surface area contributed by atoms with Gasteiger partial charge in [0.2, 0.25) is 11.9 Å². The number of fused-ring (bicyclic) bond motifs is 1. The molecule has 0 atom stereocenters. The van der Waals surface area contributed by atoms with E-state index in [1.165, 1.54) is 11.3 Å². The number of aromatic nitrogens is 4. The monoisotopic (exact) mass is 382 g/mol. The Morgan fingerprint density at radius 3 is 2.88 bits per heavy atom. The SMILES string of the molecule is Cc1nc2cc(NC(=O)Cc3csc(Nc4ncccn4)n3)ccc2s1.